The molecule has 4 fully saturated rings. The van der Waals surface area contributed by atoms with E-state index in [4.69, 9.17) is 9.47 Å². The maximum absolute atomic E-state index is 14.2. The Morgan fingerprint density at radius 2 is 1.94 bits per heavy atom. The van der Waals surface area contributed by atoms with Crippen LogP contribution in [0.15, 0.2) is 25.3 Å². The molecular weight excluding hydrogens is 436 g/mol. The minimum Gasteiger partial charge on any atom is -0.461 e. The number of likely N-dealkylation sites (tertiary alicyclic amines) is 1. The van der Waals surface area contributed by atoms with Crippen molar-refractivity contribution in [1.29, 1.82) is 0 Å². The molecule has 188 valence electrons. The van der Waals surface area contributed by atoms with Gasteiger partial charge < -0.3 is 24.4 Å². The maximum atomic E-state index is 14.2. The molecule has 3 heterocycles. The van der Waals surface area contributed by atoms with Crippen LogP contribution in [0, 0.1) is 11.8 Å². The quantitative estimate of drug-likeness (QED) is 0.280. The van der Waals surface area contributed by atoms with Gasteiger partial charge in [-0.15, -0.1) is 6.58 Å². The largest absolute Gasteiger partial charge is 0.461 e. The van der Waals surface area contributed by atoms with Gasteiger partial charge >= 0.3 is 5.97 Å². The van der Waals surface area contributed by atoms with Crippen molar-refractivity contribution in [2.75, 3.05) is 26.3 Å². The topological polar surface area (TPSA) is 96.4 Å². The Balaban J connectivity index is 1.67. The van der Waals surface area contributed by atoms with E-state index in [1.807, 2.05) is 4.90 Å². The molecule has 1 N–H and O–H groups in total. The van der Waals surface area contributed by atoms with Crippen molar-refractivity contribution in [1.82, 2.24) is 9.80 Å². The molecule has 1 spiro atoms. The molecule has 4 rings (SSSR count). The van der Waals surface area contributed by atoms with E-state index in [0.717, 1.165) is 25.7 Å². The lowest BCUT2D eigenvalue weighted by atomic mass is 9.70. The van der Waals surface area contributed by atoms with Gasteiger partial charge in [-0.3, -0.25) is 14.4 Å². The molecule has 3 aliphatic heterocycles. The van der Waals surface area contributed by atoms with Gasteiger partial charge in [0.1, 0.15) is 18.2 Å². The number of aliphatic hydroxyl groups is 1. The number of rotatable bonds is 11. The Kier molecular flexibility index (Phi) is 7.77. The lowest BCUT2D eigenvalue weighted by molar-refractivity contribution is -0.154. The Labute approximate surface area is 201 Å². The first-order valence-electron chi connectivity index (χ1n) is 12.8. The third-order valence-corrected chi connectivity index (χ3v) is 8.08. The van der Waals surface area contributed by atoms with E-state index in [1.54, 1.807) is 11.0 Å². The normalized spacial score (nSPS) is 32.5. The summed E-state index contributed by atoms with van der Waals surface area (Å²) in [5.74, 6) is -2.19. The third kappa shape index (κ3) is 4.19. The fraction of sp³-hybridized carbons (Fsp3) is 0.731. The van der Waals surface area contributed by atoms with Crippen LogP contribution >= 0.6 is 0 Å². The molecule has 2 amide bonds. The number of fused-ring (bicyclic) bond motifs is 1. The summed E-state index contributed by atoms with van der Waals surface area (Å²) in [4.78, 5) is 44.5. The summed E-state index contributed by atoms with van der Waals surface area (Å²) in [7, 11) is 0. The van der Waals surface area contributed by atoms with Crippen molar-refractivity contribution in [2.45, 2.75) is 81.6 Å². The van der Waals surface area contributed by atoms with Gasteiger partial charge in [0.15, 0.2) is 0 Å². The number of hydrogen-bond donors (Lipinski definition) is 1. The molecule has 8 heteroatoms. The van der Waals surface area contributed by atoms with Crippen LogP contribution in [-0.2, 0) is 23.9 Å². The lowest BCUT2D eigenvalue weighted by Crippen LogP contribution is -2.58. The van der Waals surface area contributed by atoms with Gasteiger partial charge in [-0.1, -0.05) is 38.0 Å². The second kappa shape index (κ2) is 10.6. The highest BCUT2D eigenvalue weighted by Gasteiger charge is 2.75. The van der Waals surface area contributed by atoms with Crippen molar-refractivity contribution in [3.8, 4) is 0 Å². The van der Waals surface area contributed by atoms with Crippen LogP contribution in [0.1, 0.15) is 57.8 Å². The molecule has 3 saturated heterocycles. The van der Waals surface area contributed by atoms with Gasteiger partial charge in [0, 0.05) is 25.7 Å². The van der Waals surface area contributed by atoms with Gasteiger partial charge in [0.2, 0.25) is 11.8 Å². The van der Waals surface area contributed by atoms with Crippen LogP contribution < -0.4 is 0 Å². The van der Waals surface area contributed by atoms with E-state index in [1.165, 1.54) is 12.5 Å². The molecular formula is C26H38N2O6. The predicted octanol–water partition coefficient (Wildman–Crippen LogP) is 2.21. The zero-order valence-corrected chi connectivity index (χ0v) is 20.0. The Bertz CT molecular complexity index is 809. The average molecular weight is 475 g/mol. The number of carbonyl (C=O) groups excluding carboxylic acids is 3. The second-order valence-corrected chi connectivity index (χ2v) is 10.0. The van der Waals surface area contributed by atoms with Crippen LogP contribution in [-0.4, -0.2) is 82.8 Å². The van der Waals surface area contributed by atoms with E-state index in [0.29, 0.717) is 38.8 Å². The van der Waals surface area contributed by atoms with Crippen molar-refractivity contribution < 1.29 is 29.0 Å². The van der Waals surface area contributed by atoms with Gasteiger partial charge in [0.25, 0.3) is 0 Å². The lowest BCUT2D eigenvalue weighted by Gasteiger charge is -2.40. The van der Waals surface area contributed by atoms with E-state index >= 15 is 0 Å². The van der Waals surface area contributed by atoms with E-state index in [2.05, 4.69) is 13.2 Å². The van der Waals surface area contributed by atoms with Crippen LogP contribution in [0.25, 0.3) is 0 Å². The van der Waals surface area contributed by atoms with E-state index in [-0.39, 0.29) is 31.1 Å². The number of esters is 1. The van der Waals surface area contributed by atoms with Crippen LogP contribution in [0.2, 0.25) is 0 Å². The maximum Gasteiger partial charge on any atom is 0.312 e. The summed E-state index contributed by atoms with van der Waals surface area (Å²) in [5, 5.41) is 9.29. The Morgan fingerprint density at radius 1 is 1.18 bits per heavy atom. The number of hydrogen-bond acceptors (Lipinski definition) is 6. The molecule has 34 heavy (non-hydrogen) atoms. The fourth-order valence-electron chi connectivity index (χ4n) is 6.68. The number of amides is 2. The van der Waals surface area contributed by atoms with Crippen LogP contribution in [0.4, 0.5) is 0 Å². The third-order valence-electron chi connectivity index (χ3n) is 8.08. The van der Waals surface area contributed by atoms with Gasteiger partial charge in [-0.2, -0.15) is 0 Å². The number of unbranched alkanes of at least 4 members (excludes halogenated alkanes) is 1. The molecule has 2 bridgehead atoms. The number of aliphatic hydroxyl groups excluding tert-OH is 1. The highest BCUT2D eigenvalue weighted by Crippen LogP contribution is 2.59. The molecule has 0 aromatic heterocycles. The molecule has 2 unspecified atom stereocenters. The summed E-state index contributed by atoms with van der Waals surface area (Å²) in [6.45, 7) is 8.34. The molecule has 0 aromatic carbocycles. The Morgan fingerprint density at radius 3 is 2.62 bits per heavy atom. The predicted molar refractivity (Wildman–Crippen MR) is 126 cm³/mol. The zero-order valence-electron chi connectivity index (χ0n) is 20.0. The molecule has 0 radical (unpaired) electrons. The average Bonchev–Trinajstić information content (AvgIpc) is 3.49. The highest BCUT2D eigenvalue weighted by atomic mass is 16.6. The zero-order chi connectivity index (χ0) is 24.3. The van der Waals surface area contributed by atoms with E-state index < -0.39 is 35.6 Å². The summed E-state index contributed by atoms with van der Waals surface area (Å²) in [5.41, 5.74) is -1.01. The first-order chi connectivity index (χ1) is 16.5. The summed E-state index contributed by atoms with van der Waals surface area (Å²) < 4.78 is 11.8. The molecule has 1 aliphatic carbocycles. The van der Waals surface area contributed by atoms with Crippen LogP contribution in [0.5, 0.6) is 0 Å². The second-order valence-electron chi connectivity index (χ2n) is 10.0. The number of ether oxygens (including phenoxy) is 2. The summed E-state index contributed by atoms with van der Waals surface area (Å²) in [6, 6.07) is -0.649. The van der Waals surface area contributed by atoms with E-state index in [9.17, 15) is 19.5 Å². The summed E-state index contributed by atoms with van der Waals surface area (Å²) >= 11 is 0. The fourth-order valence-corrected chi connectivity index (χ4v) is 6.68. The monoisotopic (exact) mass is 474 g/mol. The number of nitrogens with zero attached hydrogens (tertiary/aromatic N) is 2. The van der Waals surface area contributed by atoms with Crippen molar-refractivity contribution >= 4 is 17.8 Å². The molecule has 8 nitrogen and oxygen atoms in total. The summed E-state index contributed by atoms with van der Waals surface area (Å²) in [6.07, 6.45) is 10.4. The SMILES string of the molecule is C=CCOC(=O)[C@@H]1[C@H]2C(=O)N(CCCCO)C(C(=O)N(CC=C)C3CCCCC3)C23CC[C@H]1O3. The first kappa shape index (κ1) is 24.9. The highest BCUT2D eigenvalue weighted by molar-refractivity contribution is 5.98. The van der Waals surface area contributed by atoms with Crippen molar-refractivity contribution in [3.05, 3.63) is 25.3 Å². The Hall–Kier alpha value is -2.19. The minimum absolute atomic E-state index is 0.0228. The number of carbonyl (C=O) groups is 3. The van der Waals surface area contributed by atoms with Crippen LogP contribution in [0.3, 0.4) is 0 Å². The molecule has 4 aliphatic rings. The first-order valence-corrected chi connectivity index (χ1v) is 12.8. The molecule has 5 atom stereocenters. The standard InChI is InChI=1S/C26H38N2O6/c1-3-14-27(18-10-6-5-7-11-18)24(31)22-26-13-12-19(34-26)20(25(32)33-17-4-2)21(26)23(30)28(22)15-8-9-16-29/h3-4,18-22,29H,1-2,5-17H2/t19-,20+,21+,22?,26?/m1/s1. The van der Waals surface area contributed by atoms with Gasteiger partial charge in [-0.25, -0.2) is 0 Å². The van der Waals surface area contributed by atoms with Gasteiger partial charge in [-0.05, 0) is 38.5 Å². The minimum atomic E-state index is -1.01. The molecule has 0 aromatic rings. The molecule has 1 saturated carbocycles. The van der Waals surface area contributed by atoms with Gasteiger partial charge in [0.05, 0.1) is 17.9 Å². The smallest absolute Gasteiger partial charge is 0.312 e. The van der Waals surface area contributed by atoms with Crippen molar-refractivity contribution in [3.63, 3.8) is 0 Å². The van der Waals surface area contributed by atoms with Crippen molar-refractivity contribution in [2.24, 2.45) is 11.8 Å².